The largest absolute Gasteiger partial charge is 0.471 e. The Balaban J connectivity index is 1.36. The van der Waals surface area contributed by atoms with E-state index in [0.29, 0.717) is 12.2 Å². The third-order valence-corrected chi connectivity index (χ3v) is 5.03. The van der Waals surface area contributed by atoms with Crippen LogP contribution in [0, 0.1) is 13.8 Å². The first-order chi connectivity index (χ1) is 15.0. The Labute approximate surface area is 181 Å². The van der Waals surface area contributed by atoms with Crippen LogP contribution in [0.3, 0.4) is 0 Å². The molecular formula is C24H25N5O2. The number of carbonyl (C=O) groups excluding carboxylic acids is 1. The van der Waals surface area contributed by atoms with Crippen molar-refractivity contribution in [2.24, 2.45) is 0 Å². The molecule has 0 aliphatic rings. The third-order valence-electron chi connectivity index (χ3n) is 5.03. The lowest BCUT2D eigenvalue weighted by molar-refractivity contribution is 0.0777. The fourth-order valence-electron chi connectivity index (χ4n) is 3.26. The van der Waals surface area contributed by atoms with Crippen LogP contribution in [0.25, 0.3) is 5.69 Å². The molecule has 0 aliphatic heterocycles. The molecule has 4 aromatic rings. The number of benzene rings is 2. The van der Waals surface area contributed by atoms with Crippen molar-refractivity contribution in [1.82, 2.24) is 24.5 Å². The second kappa shape index (κ2) is 8.87. The molecule has 31 heavy (non-hydrogen) atoms. The summed E-state index contributed by atoms with van der Waals surface area (Å²) in [6.45, 7) is 4.77. The van der Waals surface area contributed by atoms with Crippen molar-refractivity contribution in [3.8, 4) is 11.4 Å². The number of amides is 1. The van der Waals surface area contributed by atoms with Crippen LogP contribution in [0.4, 0.5) is 0 Å². The van der Waals surface area contributed by atoms with E-state index in [2.05, 4.69) is 10.2 Å². The van der Waals surface area contributed by atoms with Crippen molar-refractivity contribution in [3.63, 3.8) is 0 Å². The second-order valence-corrected chi connectivity index (χ2v) is 7.56. The average Bonchev–Trinajstić information content (AvgIpc) is 3.47. The van der Waals surface area contributed by atoms with Gasteiger partial charge in [-0.2, -0.15) is 10.2 Å². The van der Waals surface area contributed by atoms with Gasteiger partial charge in [-0.05, 0) is 60.9 Å². The van der Waals surface area contributed by atoms with E-state index in [1.165, 1.54) is 0 Å². The zero-order valence-electron chi connectivity index (χ0n) is 17.9. The van der Waals surface area contributed by atoms with Crippen LogP contribution in [0.5, 0.6) is 5.75 Å². The molecule has 0 saturated heterocycles. The van der Waals surface area contributed by atoms with Gasteiger partial charge in [0, 0.05) is 32.2 Å². The van der Waals surface area contributed by atoms with E-state index in [9.17, 15) is 4.79 Å². The summed E-state index contributed by atoms with van der Waals surface area (Å²) in [7, 11) is 1.77. The van der Waals surface area contributed by atoms with Crippen molar-refractivity contribution in [2.45, 2.75) is 27.1 Å². The predicted molar refractivity (Wildman–Crippen MR) is 118 cm³/mol. The molecule has 2 aromatic heterocycles. The average molecular weight is 415 g/mol. The lowest BCUT2D eigenvalue weighted by atomic mass is 10.1. The van der Waals surface area contributed by atoms with Crippen LogP contribution in [0.1, 0.15) is 27.2 Å². The smallest absolute Gasteiger partial charge is 0.274 e. The molecule has 0 aliphatic carbocycles. The quantitative estimate of drug-likeness (QED) is 0.458. The minimum absolute atomic E-state index is 0.137. The first kappa shape index (κ1) is 20.4. The molecule has 0 fully saturated rings. The maximum absolute atomic E-state index is 12.8. The summed E-state index contributed by atoms with van der Waals surface area (Å²) in [4.78, 5) is 14.4. The zero-order chi connectivity index (χ0) is 21.8. The van der Waals surface area contributed by atoms with Crippen molar-refractivity contribution < 1.29 is 9.53 Å². The molecule has 2 aromatic carbocycles. The first-order valence-corrected chi connectivity index (χ1v) is 10.1. The van der Waals surface area contributed by atoms with Gasteiger partial charge in [0.1, 0.15) is 5.75 Å². The van der Waals surface area contributed by atoms with E-state index in [-0.39, 0.29) is 12.6 Å². The first-order valence-electron chi connectivity index (χ1n) is 10.1. The number of ether oxygens (including phenoxy) is 1. The molecule has 7 heteroatoms. The highest BCUT2D eigenvalue weighted by atomic mass is 16.5. The molecule has 0 atom stereocenters. The third kappa shape index (κ3) is 4.83. The minimum atomic E-state index is -0.137. The molecule has 0 radical (unpaired) electrons. The van der Waals surface area contributed by atoms with E-state index in [4.69, 9.17) is 4.74 Å². The van der Waals surface area contributed by atoms with Crippen LogP contribution in [-0.2, 0) is 13.3 Å². The molecule has 7 nitrogen and oxygen atoms in total. The zero-order valence-corrected chi connectivity index (χ0v) is 17.9. The maximum Gasteiger partial charge on any atom is 0.274 e. The molecule has 158 valence electrons. The second-order valence-electron chi connectivity index (χ2n) is 7.56. The molecular weight excluding hydrogens is 390 g/mol. The monoisotopic (exact) mass is 415 g/mol. The van der Waals surface area contributed by atoms with Crippen molar-refractivity contribution in [2.75, 3.05) is 7.05 Å². The van der Waals surface area contributed by atoms with Crippen molar-refractivity contribution >= 4 is 5.91 Å². The highest BCUT2D eigenvalue weighted by Crippen LogP contribution is 2.19. The molecule has 2 heterocycles. The Morgan fingerprint density at radius 3 is 2.61 bits per heavy atom. The Hall–Kier alpha value is -3.87. The Bertz CT molecular complexity index is 1160. The van der Waals surface area contributed by atoms with Gasteiger partial charge >= 0.3 is 0 Å². The van der Waals surface area contributed by atoms with E-state index < -0.39 is 0 Å². The van der Waals surface area contributed by atoms with Crippen LogP contribution < -0.4 is 4.74 Å². The summed E-state index contributed by atoms with van der Waals surface area (Å²) in [5.74, 6) is 0.681. The molecule has 0 spiro atoms. The van der Waals surface area contributed by atoms with Gasteiger partial charge in [0.05, 0.1) is 5.69 Å². The van der Waals surface area contributed by atoms with Crippen molar-refractivity contribution in [1.29, 1.82) is 0 Å². The van der Waals surface area contributed by atoms with E-state index in [1.54, 1.807) is 39.8 Å². The summed E-state index contributed by atoms with van der Waals surface area (Å²) >= 11 is 0. The number of carbonyl (C=O) groups is 1. The number of aryl methyl sites for hydroxylation is 2. The van der Waals surface area contributed by atoms with Gasteiger partial charge in [-0.15, -0.1) is 0 Å². The normalized spacial score (nSPS) is 10.8. The summed E-state index contributed by atoms with van der Waals surface area (Å²) in [6, 6.07) is 17.6. The number of hydrogen-bond donors (Lipinski definition) is 0. The lowest BCUT2D eigenvalue weighted by Gasteiger charge is -2.16. The number of aromatic nitrogens is 4. The van der Waals surface area contributed by atoms with Gasteiger partial charge in [-0.1, -0.05) is 24.3 Å². The van der Waals surface area contributed by atoms with Crippen LogP contribution in [0.15, 0.2) is 73.2 Å². The van der Waals surface area contributed by atoms with Gasteiger partial charge in [-0.3, -0.25) is 4.79 Å². The lowest BCUT2D eigenvalue weighted by Crippen LogP contribution is -2.26. The van der Waals surface area contributed by atoms with Crippen LogP contribution in [-0.4, -0.2) is 37.4 Å². The van der Waals surface area contributed by atoms with Crippen LogP contribution in [0.2, 0.25) is 0 Å². The fourth-order valence-corrected chi connectivity index (χ4v) is 3.26. The standard InChI is InChI=1S/C24H25N5O2/c1-18-5-6-19(2)23(15-18)31-17-28-14-11-22(26-28)24(30)27(3)16-20-7-9-21(10-8-20)29-13-4-12-25-29/h4-15H,16-17H2,1-3H3. The Morgan fingerprint density at radius 1 is 1.06 bits per heavy atom. The van der Waals surface area contributed by atoms with Gasteiger partial charge in [0.25, 0.3) is 5.91 Å². The molecule has 1 amide bonds. The fraction of sp³-hybridized carbons (Fsp3) is 0.208. The summed E-state index contributed by atoms with van der Waals surface area (Å²) in [5, 5.41) is 8.60. The minimum Gasteiger partial charge on any atom is -0.471 e. The summed E-state index contributed by atoms with van der Waals surface area (Å²) in [6.07, 6.45) is 5.39. The summed E-state index contributed by atoms with van der Waals surface area (Å²) < 4.78 is 9.29. The maximum atomic E-state index is 12.8. The highest BCUT2D eigenvalue weighted by molar-refractivity contribution is 5.91. The van der Waals surface area contributed by atoms with E-state index >= 15 is 0 Å². The molecule has 0 unspecified atom stereocenters. The van der Waals surface area contributed by atoms with Gasteiger partial charge < -0.3 is 9.64 Å². The molecule has 4 rings (SSSR count). The molecule has 0 N–H and O–H groups in total. The number of rotatable bonds is 7. The number of hydrogen-bond acceptors (Lipinski definition) is 4. The number of nitrogens with zero attached hydrogens (tertiary/aromatic N) is 5. The topological polar surface area (TPSA) is 65.2 Å². The van der Waals surface area contributed by atoms with Gasteiger partial charge in [0.15, 0.2) is 12.4 Å². The Morgan fingerprint density at radius 2 is 1.87 bits per heavy atom. The highest BCUT2D eigenvalue weighted by Gasteiger charge is 2.15. The van der Waals surface area contributed by atoms with Gasteiger partial charge in [0.2, 0.25) is 0 Å². The van der Waals surface area contributed by atoms with E-state index in [0.717, 1.165) is 28.1 Å². The Kier molecular flexibility index (Phi) is 5.84. The SMILES string of the molecule is Cc1ccc(C)c(OCn2ccc(C(=O)N(C)Cc3ccc(-n4cccn4)cc3)n2)c1. The van der Waals surface area contributed by atoms with Crippen LogP contribution >= 0.6 is 0 Å². The predicted octanol–water partition coefficient (Wildman–Crippen LogP) is 3.99. The van der Waals surface area contributed by atoms with Crippen molar-refractivity contribution in [3.05, 3.63) is 95.6 Å². The summed E-state index contributed by atoms with van der Waals surface area (Å²) in [5.41, 5.74) is 4.60. The molecule has 0 saturated carbocycles. The van der Waals surface area contributed by atoms with E-state index in [1.807, 2.05) is 68.6 Å². The molecule has 0 bridgehead atoms. The van der Waals surface area contributed by atoms with Gasteiger partial charge in [-0.25, -0.2) is 9.36 Å².